The van der Waals surface area contributed by atoms with Gasteiger partial charge >= 0.3 is 6.09 Å². The molecule has 1 atom stereocenters. The Morgan fingerprint density at radius 1 is 1.53 bits per heavy atom. The Hall–Kier alpha value is -1.26. The van der Waals surface area contributed by atoms with Crippen molar-refractivity contribution >= 4 is 11.9 Å². The summed E-state index contributed by atoms with van der Waals surface area (Å²) in [5.41, 5.74) is 5.34. The van der Waals surface area contributed by atoms with Gasteiger partial charge in [0.1, 0.15) is 5.84 Å². The van der Waals surface area contributed by atoms with Gasteiger partial charge in [-0.15, -0.1) is 0 Å². The third-order valence-electron chi connectivity index (χ3n) is 1.79. The van der Waals surface area contributed by atoms with Crippen molar-refractivity contribution in [2.24, 2.45) is 11.7 Å². The number of nitrogens with two attached hydrogens (primary N) is 1. The largest absolute Gasteiger partial charge is 0.449 e. The standard InChI is InChI=1S/C10H21N3O2/c1-4-5-8(9(11)12)13-10(14)15-6-7(2)3/h7-8H,4-6H2,1-3H3,(H3,11,12)(H,13,14). The topological polar surface area (TPSA) is 88.2 Å². The fraction of sp³-hybridized carbons (Fsp3) is 0.800. The number of nitrogens with one attached hydrogen (secondary N) is 2. The molecule has 1 amide bonds. The lowest BCUT2D eigenvalue weighted by Crippen LogP contribution is -2.44. The van der Waals surface area contributed by atoms with Gasteiger partial charge in [-0.2, -0.15) is 0 Å². The van der Waals surface area contributed by atoms with Crippen molar-refractivity contribution in [2.45, 2.75) is 39.7 Å². The van der Waals surface area contributed by atoms with E-state index in [-0.39, 0.29) is 5.84 Å². The van der Waals surface area contributed by atoms with E-state index in [1.807, 2.05) is 20.8 Å². The highest BCUT2D eigenvalue weighted by molar-refractivity contribution is 5.86. The van der Waals surface area contributed by atoms with Crippen molar-refractivity contribution in [2.75, 3.05) is 6.61 Å². The van der Waals surface area contributed by atoms with Gasteiger partial charge in [-0.3, -0.25) is 5.41 Å². The van der Waals surface area contributed by atoms with Crippen LogP contribution in [-0.2, 0) is 4.74 Å². The summed E-state index contributed by atoms with van der Waals surface area (Å²) in [7, 11) is 0. The minimum atomic E-state index is -0.502. The Balaban J connectivity index is 3.94. The lowest BCUT2D eigenvalue weighted by molar-refractivity contribution is 0.131. The fourth-order valence-electron chi connectivity index (χ4n) is 1.02. The lowest BCUT2D eigenvalue weighted by atomic mass is 10.1. The monoisotopic (exact) mass is 215 g/mol. The summed E-state index contributed by atoms with van der Waals surface area (Å²) in [6, 6.07) is -0.408. The molecule has 1 unspecified atom stereocenters. The molecular formula is C10H21N3O2. The number of carbonyl (C=O) groups is 1. The third-order valence-corrected chi connectivity index (χ3v) is 1.79. The Bertz CT molecular complexity index is 217. The molecule has 0 aliphatic rings. The highest BCUT2D eigenvalue weighted by atomic mass is 16.5. The number of amides is 1. The average Bonchev–Trinajstić information content (AvgIpc) is 2.14. The van der Waals surface area contributed by atoms with Crippen LogP contribution >= 0.6 is 0 Å². The first-order valence-corrected chi connectivity index (χ1v) is 5.24. The quantitative estimate of drug-likeness (QED) is 0.463. The van der Waals surface area contributed by atoms with Crippen LogP contribution in [0.5, 0.6) is 0 Å². The van der Waals surface area contributed by atoms with E-state index in [0.29, 0.717) is 18.9 Å². The van der Waals surface area contributed by atoms with Crippen molar-refractivity contribution in [1.29, 1.82) is 5.41 Å². The smallest absolute Gasteiger partial charge is 0.407 e. The molecule has 88 valence electrons. The summed E-state index contributed by atoms with van der Waals surface area (Å²) in [5, 5.41) is 9.83. The number of rotatable bonds is 6. The molecule has 0 radical (unpaired) electrons. The number of hydrogen-bond donors (Lipinski definition) is 3. The van der Waals surface area contributed by atoms with Crippen LogP contribution in [0.15, 0.2) is 0 Å². The summed E-state index contributed by atoms with van der Waals surface area (Å²) in [4.78, 5) is 11.3. The van der Waals surface area contributed by atoms with Crippen LogP contribution in [0.25, 0.3) is 0 Å². The van der Waals surface area contributed by atoms with Crippen LogP contribution in [0.4, 0.5) is 4.79 Å². The van der Waals surface area contributed by atoms with E-state index in [9.17, 15) is 4.79 Å². The molecule has 0 aromatic heterocycles. The van der Waals surface area contributed by atoms with Gasteiger partial charge in [-0.25, -0.2) is 4.79 Å². The van der Waals surface area contributed by atoms with Crippen LogP contribution < -0.4 is 11.1 Å². The maximum Gasteiger partial charge on any atom is 0.407 e. The van der Waals surface area contributed by atoms with Crippen LogP contribution in [0.1, 0.15) is 33.6 Å². The van der Waals surface area contributed by atoms with Crippen LogP contribution in [0.2, 0.25) is 0 Å². The molecular weight excluding hydrogens is 194 g/mol. The van der Waals surface area contributed by atoms with Crippen molar-refractivity contribution in [3.8, 4) is 0 Å². The van der Waals surface area contributed by atoms with Crippen molar-refractivity contribution < 1.29 is 9.53 Å². The predicted molar refractivity (Wildman–Crippen MR) is 59.9 cm³/mol. The SMILES string of the molecule is CCCC(NC(=O)OCC(C)C)C(=N)N. The molecule has 0 aromatic carbocycles. The molecule has 0 spiro atoms. The third kappa shape index (κ3) is 6.76. The summed E-state index contributed by atoms with van der Waals surface area (Å²) in [5.74, 6) is 0.274. The summed E-state index contributed by atoms with van der Waals surface area (Å²) in [6.07, 6.45) is 1.01. The summed E-state index contributed by atoms with van der Waals surface area (Å²) >= 11 is 0. The van der Waals surface area contributed by atoms with Crippen molar-refractivity contribution in [3.63, 3.8) is 0 Å². The molecule has 15 heavy (non-hydrogen) atoms. The summed E-state index contributed by atoms with van der Waals surface area (Å²) in [6.45, 7) is 6.27. The second-order valence-electron chi connectivity index (χ2n) is 3.93. The number of hydrogen-bond acceptors (Lipinski definition) is 3. The zero-order valence-electron chi connectivity index (χ0n) is 9.67. The maximum absolute atomic E-state index is 11.3. The first-order chi connectivity index (χ1) is 6.97. The maximum atomic E-state index is 11.3. The normalized spacial score (nSPS) is 12.3. The number of carbonyl (C=O) groups excluding carboxylic acids is 1. The average molecular weight is 215 g/mol. The number of amidine groups is 1. The minimum Gasteiger partial charge on any atom is -0.449 e. The molecule has 5 heteroatoms. The zero-order chi connectivity index (χ0) is 11.8. The minimum absolute atomic E-state index is 0.0293. The van der Waals surface area contributed by atoms with E-state index >= 15 is 0 Å². The van der Waals surface area contributed by atoms with Crippen LogP contribution in [0, 0.1) is 11.3 Å². The van der Waals surface area contributed by atoms with Crippen LogP contribution in [-0.4, -0.2) is 24.6 Å². The Labute approximate surface area is 90.9 Å². The molecule has 0 aliphatic heterocycles. The Kier molecular flexibility index (Phi) is 6.49. The van der Waals surface area contributed by atoms with E-state index in [2.05, 4.69) is 5.32 Å². The summed E-state index contributed by atoms with van der Waals surface area (Å²) < 4.78 is 4.93. The molecule has 0 aromatic rings. The van der Waals surface area contributed by atoms with Gasteiger partial charge in [0.2, 0.25) is 0 Å². The van der Waals surface area contributed by atoms with E-state index in [4.69, 9.17) is 15.9 Å². The van der Waals surface area contributed by atoms with Gasteiger partial charge in [0, 0.05) is 0 Å². The Morgan fingerprint density at radius 2 is 2.13 bits per heavy atom. The number of alkyl carbamates (subject to hydrolysis) is 1. The van der Waals surface area contributed by atoms with E-state index in [1.165, 1.54) is 0 Å². The van der Waals surface area contributed by atoms with Crippen molar-refractivity contribution in [1.82, 2.24) is 5.32 Å². The molecule has 0 aliphatic carbocycles. The predicted octanol–water partition coefficient (Wildman–Crippen LogP) is 1.47. The molecule has 0 fully saturated rings. The van der Waals surface area contributed by atoms with Gasteiger partial charge in [-0.1, -0.05) is 27.2 Å². The van der Waals surface area contributed by atoms with E-state index < -0.39 is 12.1 Å². The molecule has 0 rings (SSSR count). The zero-order valence-corrected chi connectivity index (χ0v) is 9.67. The molecule has 0 heterocycles. The Morgan fingerprint density at radius 3 is 2.53 bits per heavy atom. The second kappa shape index (κ2) is 7.09. The van der Waals surface area contributed by atoms with Gasteiger partial charge in [0.25, 0.3) is 0 Å². The van der Waals surface area contributed by atoms with E-state index in [1.54, 1.807) is 0 Å². The fourth-order valence-corrected chi connectivity index (χ4v) is 1.02. The number of ether oxygens (including phenoxy) is 1. The van der Waals surface area contributed by atoms with Gasteiger partial charge in [0.05, 0.1) is 12.6 Å². The lowest BCUT2D eigenvalue weighted by Gasteiger charge is -2.16. The molecule has 4 N–H and O–H groups in total. The first-order valence-electron chi connectivity index (χ1n) is 5.24. The molecule has 5 nitrogen and oxygen atoms in total. The highest BCUT2D eigenvalue weighted by Crippen LogP contribution is 1.98. The van der Waals surface area contributed by atoms with Gasteiger partial charge in [0.15, 0.2) is 0 Å². The molecule has 0 saturated carbocycles. The highest BCUT2D eigenvalue weighted by Gasteiger charge is 2.14. The molecule has 0 bridgehead atoms. The van der Waals surface area contributed by atoms with Crippen LogP contribution in [0.3, 0.4) is 0 Å². The molecule has 0 saturated heterocycles. The second-order valence-corrected chi connectivity index (χ2v) is 3.93. The van der Waals surface area contributed by atoms with Gasteiger partial charge in [-0.05, 0) is 12.3 Å². The van der Waals surface area contributed by atoms with Gasteiger partial charge < -0.3 is 15.8 Å². The van der Waals surface area contributed by atoms with Crippen molar-refractivity contribution in [3.05, 3.63) is 0 Å². The van der Waals surface area contributed by atoms with E-state index in [0.717, 1.165) is 6.42 Å². The first kappa shape index (κ1) is 13.7.